The quantitative estimate of drug-likeness (QED) is 0.542. The molecule has 1 radical (unpaired) electrons. The molecular formula is C5H3N4S2. The number of imidazole rings is 1. The topological polar surface area (TPSA) is 60.3 Å². The van der Waals surface area contributed by atoms with E-state index in [1.54, 1.807) is 0 Å². The molecule has 2 aromatic rings. The van der Waals surface area contributed by atoms with E-state index in [0.29, 0.717) is 15.1 Å². The Morgan fingerprint density at radius 1 is 1.27 bits per heavy atom. The number of hydrogen-bond donors (Lipinski definition) is 3. The molecule has 6 heteroatoms. The largest absolute Gasteiger partial charge is 0.332 e. The third kappa shape index (κ3) is 0.997. The van der Waals surface area contributed by atoms with Gasteiger partial charge >= 0.3 is 0 Å². The number of hydrogen-bond acceptors (Lipinski definition) is 3. The van der Waals surface area contributed by atoms with Gasteiger partial charge in [0.25, 0.3) is 0 Å². The van der Waals surface area contributed by atoms with E-state index < -0.39 is 0 Å². The first-order valence-corrected chi connectivity index (χ1v) is 3.67. The van der Waals surface area contributed by atoms with Crippen molar-refractivity contribution in [2.75, 3.05) is 0 Å². The maximum absolute atomic E-state index is 4.96. The monoisotopic (exact) mass is 183 g/mol. The van der Waals surface area contributed by atoms with Gasteiger partial charge in [0.1, 0.15) is 10.2 Å². The van der Waals surface area contributed by atoms with Gasteiger partial charge in [-0.25, -0.2) is 4.98 Å². The highest BCUT2D eigenvalue weighted by atomic mass is 32.1. The molecule has 0 saturated heterocycles. The Bertz CT molecular complexity index is 491. The Balaban J connectivity index is 3.15. The molecule has 0 aliphatic rings. The molecular weight excluding hydrogens is 180 g/mol. The standard InChI is InChI=1S/C5H3N4S2/c10-4-2-3(7-1-6-2)8-5(11)9-4/h(H3,6,7,8,9,10,11). The molecule has 4 nitrogen and oxygen atoms in total. The maximum Gasteiger partial charge on any atom is 0.177 e. The van der Waals surface area contributed by atoms with Gasteiger partial charge in [0.2, 0.25) is 0 Å². The fourth-order valence-corrected chi connectivity index (χ4v) is 1.33. The zero-order chi connectivity index (χ0) is 7.84. The number of rotatable bonds is 0. The summed E-state index contributed by atoms with van der Waals surface area (Å²) in [5.41, 5.74) is 1.37. The summed E-state index contributed by atoms with van der Waals surface area (Å²) in [6.07, 6.45) is 2.57. The van der Waals surface area contributed by atoms with Crippen LogP contribution in [0.15, 0.2) is 0 Å². The van der Waals surface area contributed by atoms with E-state index in [4.69, 9.17) is 24.4 Å². The highest BCUT2D eigenvalue weighted by Gasteiger charge is 1.96. The molecule has 0 aromatic carbocycles. The molecule has 0 spiro atoms. The lowest BCUT2D eigenvalue weighted by Crippen LogP contribution is -1.83. The van der Waals surface area contributed by atoms with Crippen molar-refractivity contribution in [2.24, 2.45) is 0 Å². The van der Waals surface area contributed by atoms with E-state index in [1.807, 2.05) is 0 Å². The number of aromatic amines is 3. The van der Waals surface area contributed by atoms with Crippen molar-refractivity contribution in [2.45, 2.75) is 0 Å². The number of aromatic nitrogens is 4. The summed E-state index contributed by atoms with van der Waals surface area (Å²) in [5, 5.41) is 0. The van der Waals surface area contributed by atoms with Gasteiger partial charge in [-0.3, -0.25) is 0 Å². The highest BCUT2D eigenvalue weighted by Crippen LogP contribution is 2.03. The van der Waals surface area contributed by atoms with Crippen LogP contribution in [0.25, 0.3) is 11.2 Å². The number of nitrogens with one attached hydrogen (secondary N) is 3. The van der Waals surface area contributed by atoms with Gasteiger partial charge in [0.05, 0.1) is 0 Å². The summed E-state index contributed by atoms with van der Waals surface area (Å²) < 4.78 is 1.03. The fourth-order valence-electron chi connectivity index (χ4n) is 0.814. The molecule has 0 saturated carbocycles. The maximum atomic E-state index is 4.96. The average Bonchev–Trinajstić information content (AvgIpc) is 2.34. The Morgan fingerprint density at radius 2 is 2.09 bits per heavy atom. The molecule has 2 heterocycles. The first kappa shape index (κ1) is 6.68. The second-order valence-electron chi connectivity index (χ2n) is 1.98. The Labute approximate surface area is 71.7 Å². The van der Waals surface area contributed by atoms with Crippen LogP contribution >= 0.6 is 24.4 Å². The second kappa shape index (κ2) is 2.24. The summed E-state index contributed by atoms with van der Waals surface area (Å²) in [5.74, 6) is 0. The Hall–Kier alpha value is -1.01. The molecule has 0 unspecified atom stereocenters. The molecule has 0 atom stereocenters. The molecule has 0 aliphatic heterocycles. The summed E-state index contributed by atoms with van der Waals surface area (Å²) in [6.45, 7) is 0. The van der Waals surface area contributed by atoms with Crippen LogP contribution in [0.4, 0.5) is 0 Å². The van der Waals surface area contributed by atoms with Crippen LogP contribution in [0.5, 0.6) is 0 Å². The van der Waals surface area contributed by atoms with Gasteiger partial charge in [0, 0.05) is 0 Å². The number of nitrogens with zero attached hydrogens (tertiary/aromatic N) is 1. The molecule has 0 fully saturated rings. The normalized spacial score (nSPS) is 10.5. The fraction of sp³-hybridized carbons (Fsp3) is 0. The summed E-state index contributed by atoms with van der Waals surface area (Å²) >= 11 is 9.81. The van der Waals surface area contributed by atoms with Crippen molar-refractivity contribution in [1.82, 2.24) is 19.9 Å². The van der Waals surface area contributed by atoms with Gasteiger partial charge in [-0.2, -0.15) is 0 Å². The van der Waals surface area contributed by atoms with Gasteiger partial charge in [-0.15, -0.1) is 0 Å². The van der Waals surface area contributed by atoms with Gasteiger partial charge < -0.3 is 15.0 Å². The predicted molar refractivity (Wildman–Crippen MR) is 45.3 cm³/mol. The van der Waals surface area contributed by atoms with Crippen LogP contribution in [0, 0.1) is 15.7 Å². The molecule has 0 amide bonds. The molecule has 55 valence electrons. The minimum Gasteiger partial charge on any atom is -0.332 e. The first-order valence-electron chi connectivity index (χ1n) is 2.86. The second-order valence-corrected chi connectivity index (χ2v) is 2.80. The van der Waals surface area contributed by atoms with Gasteiger partial charge in [-0.1, -0.05) is 12.2 Å². The van der Waals surface area contributed by atoms with Crippen LogP contribution in [0.1, 0.15) is 0 Å². The van der Waals surface area contributed by atoms with Crippen LogP contribution in [-0.2, 0) is 0 Å². The number of H-pyrrole nitrogens is 3. The summed E-state index contributed by atoms with van der Waals surface area (Å²) in [6, 6.07) is 0. The van der Waals surface area contributed by atoms with Crippen LogP contribution in [0.2, 0.25) is 0 Å². The van der Waals surface area contributed by atoms with E-state index in [9.17, 15) is 0 Å². The molecule has 11 heavy (non-hydrogen) atoms. The molecule has 2 aromatic heterocycles. The molecule has 0 bridgehead atoms. The van der Waals surface area contributed by atoms with E-state index in [2.05, 4.69) is 26.3 Å². The summed E-state index contributed by atoms with van der Waals surface area (Å²) in [7, 11) is 0. The van der Waals surface area contributed by atoms with Gasteiger partial charge in [-0.05, 0) is 12.2 Å². The Kier molecular flexibility index (Phi) is 1.36. The minimum absolute atomic E-state index is 0.475. The lowest BCUT2D eigenvalue weighted by molar-refractivity contribution is 1.15. The third-order valence-electron chi connectivity index (χ3n) is 1.27. The minimum atomic E-state index is 0.475. The van der Waals surface area contributed by atoms with E-state index >= 15 is 0 Å². The SMILES string of the molecule is S=c1[nH]c(=S)c2[nH][c]nc2[nH]1. The average molecular weight is 183 g/mol. The smallest absolute Gasteiger partial charge is 0.177 e. The highest BCUT2D eigenvalue weighted by molar-refractivity contribution is 7.72. The molecule has 0 aliphatic carbocycles. The van der Waals surface area contributed by atoms with Crippen LogP contribution < -0.4 is 0 Å². The van der Waals surface area contributed by atoms with Crippen LogP contribution in [-0.4, -0.2) is 19.9 Å². The Morgan fingerprint density at radius 3 is 2.91 bits per heavy atom. The zero-order valence-corrected chi connectivity index (χ0v) is 6.90. The van der Waals surface area contributed by atoms with E-state index in [0.717, 1.165) is 5.52 Å². The van der Waals surface area contributed by atoms with E-state index in [1.165, 1.54) is 0 Å². The van der Waals surface area contributed by atoms with Crippen molar-refractivity contribution in [1.29, 1.82) is 0 Å². The van der Waals surface area contributed by atoms with E-state index in [-0.39, 0.29) is 0 Å². The van der Waals surface area contributed by atoms with Crippen molar-refractivity contribution in [3.63, 3.8) is 0 Å². The van der Waals surface area contributed by atoms with Crippen molar-refractivity contribution in [3.8, 4) is 0 Å². The molecule has 3 N–H and O–H groups in total. The summed E-state index contributed by atoms with van der Waals surface area (Å²) in [4.78, 5) is 12.2. The lowest BCUT2D eigenvalue weighted by Gasteiger charge is -1.87. The van der Waals surface area contributed by atoms with Crippen molar-refractivity contribution >= 4 is 35.6 Å². The van der Waals surface area contributed by atoms with Crippen LogP contribution in [0.3, 0.4) is 0 Å². The lowest BCUT2D eigenvalue weighted by atomic mass is 10.6. The number of fused-ring (bicyclic) bond motifs is 1. The molecule has 2 rings (SSSR count). The van der Waals surface area contributed by atoms with Crippen molar-refractivity contribution < 1.29 is 0 Å². The first-order chi connectivity index (χ1) is 5.27. The van der Waals surface area contributed by atoms with Gasteiger partial charge in [0.15, 0.2) is 16.7 Å². The predicted octanol–water partition coefficient (Wildman–Crippen LogP) is 1.48. The van der Waals surface area contributed by atoms with Crippen molar-refractivity contribution in [3.05, 3.63) is 15.7 Å². The zero-order valence-electron chi connectivity index (χ0n) is 5.26. The third-order valence-corrected chi connectivity index (χ3v) is 1.78.